The molecule has 0 saturated carbocycles. The third-order valence-electron chi connectivity index (χ3n) is 9.04. The Kier molecular flexibility index (Phi) is 24.7. The van der Waals surface area contributed by atoms with Gasteiger partial charge in [-0.15, -0.1) is 0 Å². The average Bonchev–Trinajstić information content (AvgIpc) is 2.81. The van der Waals surface area contributed by atoms with E-state index in [1.807, 2.05) is 0 Å². The van der Waals surface area contributed by atoms with Crippen molar-refractivity contribution < 1.29 is 0 Å². The summed E-state index contributed by atoms with van der Waals surface area (Å²) in [4.78, 5) is 0. The maximum absolute atomic E-state index is 2.51. The fraction of sp³-hybridized carbons (Fsp3) is 1.00. The summed E-state index contributed by atoms with van der Waals surface area (Å²) in [5, 5.41) is 0. The van der Waals surface area contributed by atoms with Gasteiger partial charge >= 0.3 is 0 Å². The van der Waals surface area contributed by atoms with Gasteiger partial charge in [0, 0.05) is 0 Å². The maximum atomic E-state index is 2.51. The Morgan fingerprint density at radius 3 is 0.735 bits per heavy atom. The molecule has 0 amide bonds. The molecule has 0 bridgehead atoms. The summed E-state index contributed by atoms with van der Waals surface area (Å²) in [6.45, 7) is 14.7. The van der Waals surface area contributed by atoms with E-state index in [1.165, 1.54) is 161 Å². The van der Waals surface area contributed by atoms with Gasteiger partial charge in [-0.1, -0.05) is 189 Å². The van der Waals surface area contributed by atoms with Crippen molar-refractivity contribution in [3.05, 3.63) is 0 Å². The van der Waals surface area contributed by atoms with E-state index in [1.54, 1.807) is 0 Å². The molecular formula is C34H70. The highest BCUT2D eigenvalue weighted by Gasteiger charge is 2.35. The lowest BCUT2D eigenvalue weighted by molar-refractivity contribution is 0.0775. The lowest BCUT2D eigenvalue weighted by atomic mass is 9.63. The normalized spacial score (nSPS) is 12.4. The molecule has 0 aliphatic carbocycles. The Morgan fingerprint density at radius 1 is 0.324 bits per heavy atom. The molecule has 0 aromatic carbocycles. The van der Waals surface area contributed by atoms with Gasteiger partial charge in [-0.2, -0.15) is 0 Å². The first-order valence-corrected chi connectivity index (χ1v) is 16.5. The standard InChI is InChI=1S/C34H70/c1-7-9-11-13-15-16-17-18-19-20-21-22-23-25-27-29-31-34(32(3)4,33(5)6)30-28-26-24-14-12-10-8-2/h32-33H,7-31H2,1-6H3. The van der Waals surface area contributed by atoms with Gasteiger partial charge in [0.15, 0.2) is 0 Å². The summed E-state index contributed by atoms with van der Waals surface area (Å²) in [5.41, 5.74) is 0.583. The van der Waals surface area contributed by atoms with Crippen molar-refractivity contribution in [1.82, 2.24) is 0 Å². The number of hydrogen-bond acceptors (Lipinski definition) is 0. The molecule has 0 N–H and O–H groups in total. The fourth-order valence-corrected chi connectivity index (χ4v) is 6.36. The first kappa shape index (κ1) is 34.0. The Labute approximate surface area is 219 Å². The molecule has 0 aromatic rings. The van der Waals surface area contributed by atoms with Crippen LogP contribution in [0, 0.1) is 17.3 Å². The second-order valence-electron chi connectivity index (χ2n) is 12.5. The number of rotatable bonds is 27. The van der Waals surface area contributed by atoms with Gasteiger partial charge in [0.2, 0.25) is 0 Å². The van der Waals surface area contributed by atoms with Gasteiger partial charge in [0.1, 0.15) is 0 Å². The van der Waals surface area contributed by atoms with E-state index >= 15 is 0 Å². The van der Waals surface area contributed by atoms with Crippen LogP contribution in [-0.4, -0.2) is 0 Å². The summed E-state index contributed by atoms with van der Waals surface area (Å²) in [7, 11) is 0. The number of unbranched alkanes of at least 4 members (excludes halogenated alkanes) is 21. The Hall–Kier alpha value is 0. The first-order valence-electron chi connectivity index (χ1n) is 16.5. The molecule has 0 radical (unpaired) electrons. The third-order valence-corrected chi connectivity index (χ3v) is 9.04. The van der Waals surface area contributed by atoms with Gasteiger partial charge in [0.25, 0.3) is 0 Å². The van der Waals surface area contributed by atoms with Crippen molar-refractivity contribution in [3.8, 4) is 0 Å². The van der Waals surface area contributed by atoms with E-state index in [0.717, 1.165) is 11.8 Å². The molecule has 0 fully saturated rings. The minimum absolute atomic E-state index is 0.583. The second kappa shape index (κ2) is 24.7. The van der Waals surface area contributed by atoms with Crippen LogP contribution in [0.3, 0.4) is 0 Å². The number of hydrogen-bond donors (Lipinski definition) is 0. The quantitative estimate of drug-likeness (QED) is 0.103. The van der Waals surface area contributed by atoms with Crippen LogP contribution in [0.4, 0.5) is 0 Å². The SMILES string of the molecule is CCCCCCCCCCCCCCCCCCC(CCCCCCCCC)(C(C)C)C(C)C. The molecule has 0 aliphatic rings. The monoisotopic (exact) mass is 479 g/mol. The van der Waals surface area contributed by atoms with Gasteiger partial charge in [-0.3, -0.25) is 0 Å². The van der Waals surface area contributed by atoms with Gasteiger partial charge in [-0.25, -0.2) is 0 Å². The molecule has 0 aromatic heterocycles. The Balaban J connectivity index is 3.79. The summed E-state index contributed by atoms with van der Waals surface area (Å²) in [6, 6.07) is 0. The van der Waals surface area contributed by atoms with E-state index < -0.39 is 0 Å². The van der Waals surface area contributed by atoms with Crippen LogP contribution in [-0.2, 0) is 0 Å². The van der Waals surface area contributed by atoms with Crippen molar-refractivity contribution in [2.45, 2.75) is 202 Å². The molecule has 0 unspecified atom stereocenters. The molecule has 0 nitrogen and oxygen atoms in total. The summed E-state index contributed by atoms with van der Waals surface area (Å²) in [6.07, 6.45) is 36.5. The zero-order valence-corrected chi connectivity index (χ0v) is 25.3. The van der Waals surface area contributed by atoms with Crippen LogP contribution in [0.15, 0.2) is 0 Å². The summed E-state index contributed by atoms with van der Waals surface area (Å²) in [5.74, 6) is 1.65. The van der Waals surface area contributed by atoms with Crippen molar-refractivity contribution >= 4 is 0 Å². The van der Waals surface area contributed by atoms with Crippen molar-refractivity contribution in [2.75, 3.05) is 0 Å². The fourth-order valence-electron chi connectivity index (χ4n) is 6.36. The van der Waals surface area contributed by atoms with Crippen LogP contribution in [0.1, 0.15) is 202 Å². The van der Waals surface area contributed by atoms with Gasteiger partial charge in [0.05, 0.1) is 0 Å². The van der Waals surface area contributed by atoms with Crippen molar-refractivity contribution in [1.29, 1.82) is 0 Å². The Bertz CT molecular complexity index is 371. The van der Waals surface area contributed by atoms with Crippen LogP contribution >= 0.6 is 0 Å². The van der Waals surface area contributed by atoms with Crippen LogP contribution in [0.2, 0.25) is 0 Å². The molecule has 0 atom stereocenters. The molecule has 206 valence electrons. The Morgan fingerprint density at radius 2 is 0.529 bits per heavy atom. The van der Waals surface area contributed by atoms with E-state index in [0.29, 0.717) is 5.41 Å². The van der Waals surface area contributed by atoms with E-state index in [-0.39, 0.29) is 0 Å². The van der Waals surface area contributed by atoms with Crippen molar-refractivity contribution in [3.63, 3.8) is 0 Å². The summed E-state index contributed by atoms with van der Waals surface area (Å²) < 4.78 is 0. The first-order chi connectivity index (χ1) is 16.5. The van der Waals surface area contributed by atoms with Gasteiger partial charge < -0.3 is 0 Å². The molecule has 0 rings (SSSR count). The average molecular weight is 479 g/mol. The predicted octanol–water partition coefficient (Wildman–Crippen LogP) is 13.1. The lowest BCUT2D eigenvalue weighted by Crippen LogP contribution is -2.33. The highest BCUT2D eigenvalue weighted by Crippen LogP contribution is 2.45. The van der Waals surface area contributed by atoms with Crippen LogP contribution in [0.5, 0.6) is 0 Å². The maximum Gasteiger partial charge on any atom is -0.0251 e. The summed E-state index contributed by atoms with van der Waals surface area (Å²) >= 11 is 0. The molecule has 0 aliphatic heterocycles. The molecule has 0 saturated heterocycles. The highest BCUT2D eigenvalue weighted by atomic mass is 14.4. The van der Waals surface area contributed by atoms with Gasteiger partial charge in [-0.05, 0) is 30.1 Å². The topological polar surface area (TPSA) is 0 Å². The minimum Gasteiger partial charge on any atom is -0.0654 e. The largest absolute Gasteiger partial charge is 0.0654 e. The minimum atomic E-state index is 0.583. The zero-order chi connectivity index (χ0) is 25.3. The molecule has 0 heteroatoms. The van der Waals surface area contributed by atoms with Crippen LogP contribution in [0.25, 0.3) is 0 Å². The van der Waals surface area contributed by atoms with Crippen molar-refractivity contribution in [2.24, 2.45) is 17.3 Å². The molecule has 0 heterocycles. The highest BCUT2D eigenvalue weighted by molar-refractivity contribution is 4.85. The van der Waals surface area contributed by atoms with E-state index in [2.05, 4.69) is 41.5 Å². The molecule has 34 heavy (non-hydrogen) atoms. The second-order valence-corrected chi connectivity index (χ2v) is 12.5. The molecular weight excluding hydrogens is 408 g/mol. The predicted molar refractivity (Wildman–Crippen MR) is 159 cm³/mol. The molecule has 0 spiro atoms. The third kappa shape index (κ3) is 18.3. The van der Waals surface area contributed by atoms with Crippen LogP contribution < -0.4 is 0 Å². The zero-order valence-electron chi connectivity index (χ0n) is 25.3. The van der Waals surface area contributed by atoms with E-state index in [9.17, 15) is 0 Å². The van der Waals surface area contributed by atoms with E-state index in [4.69, 9.17) is 0 Å². The smallest absolute Gasteiger partial charge is 0.0251 e. The lowest BCUT2D eigenvalue weighted by Gasteiger charge is -2.42.